The molecule has 5 nitrogen and oxygen atoms in total. The SMILES string of the molecule is COc1ccccc1C1=C(Nc2cccc(Cl)c2C)C(=O)N(CCc2ccc(F)cc2)C1=O. The van der Waals surface area contributed by atoms with Crippen molar-refractivity contribution in [1.29, 1.82) is 0 Å². The molecule has 0 fully saturated rings. The standard InChI is InChI=1S/C26H22ClFN2O3/c1-16-20(27)7-5-8-21(16)29-24-23(19-6-3-4-9-22(19)33-2)25(31)30(26(24)32)15-14-17-10-12-18(28)13-11-17/h3-13,29H,14-15H2,1-2H3. The molecule has 0 unspecified atom stereocenters. The summed E-state index contributed by atoms with van der Waals surface area (Å²) in [6, 6.07) is 18.4. The molecule has 7 heteroatoms. The van der Waals surface area contributed by atoms with E-state index in [1.54, 1.807) is 54.6 Å². The van der Waals surface area contributed by atoms with Gasteiger partial charge >= 0.3 is 0 Å². The number of methoxy groups -OCH3 is 1. The van der Waals surface area contributed by atoms with Gasteiger partial charge in [-0.15, -0.1) is 0 Å². The summed E-state index contributed by atoms with van der Waals surface area (Å²) in [7, 11) is 1.52. The number of hydrogen-bond donors (Lipinski definition) is 1. The second-order valence-corrected chi connectivity index (χ2v) is 8.03. The number of ether oxygens (including phenoxy) is 1. The Morgan fingerprint density at radius 1 is 0.970 bits per heavy atom. The summed E-state index contributed by atoms with van der Waals surface area (Å²) in [4.78, 5) is 28.1. The number of hydrogen-bond acceptors (Lipinski definition) is 4. The first kappa shape index (κ1) is 22.6. The van der Waals surface area contributed by atoms with Crippen LogP contribution in [0.15, 0.2) is 72.4 Å². The quantitative estimate of drug-likeness (QED) is 0.486. The van der Waals surface area contributed by atoms with Crippen LogP contribution in [0.1, 0.15) is 16.7 Å². The van der Waals surface area contributed by atoms with Gasteiger partial charge in [-0.05, 0) is 54.8 Å². The monoisotopic (exact) mass is 464 g/mol. The van der Waals surface area contributed by atoms with Gasteiger partial charge in [0.15, 0.2) is 0 Å². The molecule has 0 saturated carbocycles. The van der Waals surface area contributed by atoms with Gasteiger partial charge in [0, 0.05) is 22.8 Å². The Labute approximate surface area is 196 Å². The van der Waals surface area contributed by atoms with Gasteiger partial charge in [0.05, 0.1) is 12.7 Å². The van der Waals surface area contributed by atoms with E-state index < -0.39 is 11.8 Å². The summed E-state index contributed by atoms with van der Waals surface area (Å²) < 4.78 is 18.7. The molecule has 33 heavy (non-hydrogen) atoms. The Balaban J connectivity index is 1.72. The van der Waals surface area contributed by atoms with Crippen molar-refractivity contribution in [3.63, 3.8) is 0 Å². The predicted octanol–water partition coefficient (Wildman–Crippen LogP) is 5.23. The van der Waals surface area contributed by atoms with Crippen LogP contribution in [0.4, 0.5) is 10.1 Å². The van der Waals surface area contributed by atoms with Gasteiger partial charge in [-0.1, -0.05) is 48.0 Å². The van der Waals surface area contributed by atoms with Crippen LogP contribution in [0.3, 0.4) is 0 Å². The van der Waals surface area contributed by atoms with Crippen molar-refractivity contribution in [3.05, 3.63) is 100.0 Å². The number of benzene rings is 3. The number of anilines is 1. The molecule has 168 valence electrons. The Hall–Kier alpha value is -3.64. The molecule has 0 aromatic heterocycles. The number of rotatable bonds is 7. The average molecular weight is 465 g/mol. The van der Waals surface area contributed by atoms with E-state index in [9.17, 15) is 14.0 Å². The lowest BCUT2D eigenvalue weighted by molar-refractivity contribution is -0.136. The molecule has 1 N–H and O–H groups in total. The smallest absolute Gasteiger partial charge is 0.278 e. The number of nitrogens with zero attached hydrogens (tertiary/aromatic N) is 1. The lowest BCUT2D eigenvalue weighted by atomic mass is 10.0. The predicted molar refractivity (Wildman–Crippen MR) is 127 cm³/mol. The maximum Gasteiger partial charge on any atom is 0.278 e. The van der Waals surface area contributed by atoms with Gasteiger partial charge < -0.3 is 10.1 Å². The van der Waals surface area contributed by atoms with E-state index >= 15 is 0 Å². The highest BCUT2D eigenvalue weighted by Gasteiger charge is 2.40. The van der Waals surface area contributed by atoms with Crippen LogP contribution in [0.5, 0.6) is 5.75 Å². The highest BCUT2D eigenvalue weighted by atomic mass is 35.5. The van der Waals surface area contributed by atoms with Gasteiger partial charge in [0.2, 0.25) is 0 Å². The van der Waals surface area contributed by atoms with Crippen molar-refractivity contribution in [1.82, 2.24) is 4.90 Å². The molecule has 0 radical (unpaired) electrons. The van der Waals surface area contributed by atoms with E-state index in [1.807, 2.05) is 6.92 Å². The molecule has 4 rings (SSSR count). The zero-order chi connectivity index (χ0) is 23.5. The van der Waals surface area contributed by atoms with Crippen molar-refractivity contribution in [2.75, 3.05) is 19.0 Å². The normalized spacial score (nSPS) is 13.6. The van der Waals surface area contributed by atoms with Crippen LogP contribution in [-0.2, 0) is 16.0 Å². The van der Waals surface area contributed by atoms with Crippen molar-refractivity contribution in [3.8, 4) is 5.75 Å². The summed E-state index contributed by atoms with van der Waals surface area (Å²) in [5.41, 5.74) is 3.13. The highest BCUT2D eigenvalue weighted by Crippen LogP contribution is 2.36. The summed E-state index contributed by atoms with van der Waals surface area (Å²) in [6.07, 6.45) is 0.403. The van der Waals surface area contributed by atoms with Crippen LogP contribution >= 0.6 is 11.6 Å². The molecular weight excluding hydrogens is 443 g/mol. The number of amides is 2. The Kier molecular flexibility index (Phi) is 6.47. The van der Waals surface area contributed by atoms with Gasteiger partial charge in [0.25, 0.3) is 11.8 Å². The minimum atomic E-state index is -0.442. The maximum absolute atomic E-state index is 13.5. The molecule has 1 aliphatic rings. The summed E-state index contributed by atoms with van der Waals surface area (Å²) in [5.74, 6) is -0.720. The molecule has 2 amide bonds. The van der Waals surface area contributed by atoms with Gasteiger partial charge in [-0.3, -0.25) is 14.5 Å². The van der Waals surface area contributed by atoms with Gasteiger partial charge in [0.1, 0.15) is 17.3 Å². The summed E-state index contributed by atoms with van der Waals surface area (Å²) in [5, 5.41) is 3.69. The minimum absolute atomic E-state index is 0.154. The van der Waals surface area contributed by atoms with E-state index in [-0.39, 0.29) is 23.6 Å². The van der Waals surface area contributed by atoms with E-state index in [4.69, 9.17) is 16.3 Å². The zero-order valence-corrected chi connectivity index (χ0v) is 18.9. The first-order valence-electron chi connectivity index (χ1n) is 10.4. The van der Waals surface area contributed by atoms with Crippen molar-refractivity contribution in [2.24, 2.45) is 0 Å². The lowest BCUT2D eigenvalue weighted by Crippen LogP contribution is -2.34. The fraction of sp³-hybridized carbons (Fsp3) is 0.154. The third kappa shape index (κ3) is 4.47. The van der Waals surface area contributed by atoms with Crippen LogP contribution in [0.25, 0.3) is 5.57 Å². The Bertz CT molecular complexity index is 1250. The number of carbonyl (C=O) groups excluding carboxylic acids is 2. The van der Waals surface area contributed by atoms with Crippen molar-refractivity contribution < 1.29 is 18.7 Å². The molecular formula is C26H22ClFN2O3. The third-order valence-corrected chi connectivity index (χ3v) is 6.02. The molecule has 0 aliphatic carbocycles. The Morgan fingerprint density at radius 2 is 1.70 bits per heavy atom. The fourth-order valence-corrected chi connectivity index (χ4v) is 3.94. The number of halogens is 2. The number of para-hydroxylation sites is 1. The third-order valence-electron chi connectivity index (χ3n) is 5.61. The average Bonchev–Trinajstić information content (AvgIpc) is 3.05. The summed E-state index contributed by atoms with van der Waals surface area (Å²) >= 11 is 6.26. The Morgan fingerprint density at radius 3 is 2.42 bits per heavy atom. The van der Waals surface area contributed by atoms with E-state index in [0.29, 0.717) is 28.4 Å². The molecule has 1 aliphatic heterocycles. The molecule has 3 aromatic rings. The molecule has 1 heterocycles. The first-order chi connectivity index (χ1) is 15.9. The number of imide groups is 1. The first-order valence-corrected chi connectivity index (χ1v) is 10.8. The number of carbonyl (C=O) groups is 2. The maximum atomic E-state index is 13.5. The molecule has 3 aromatic carbocycles. The second-order valence-electron chi connectivity index (χ2n) is 7.63. The fourth-order valence-electron chi connectivity index (χ4n) is 3.77. The van der Waals surface area contributed by atoms with E-state index in [0.717, 1.165) is 11.1 Å². The van der Waals surface area contributed by atoms with Crippen molar-refractivity contribution in [2.45, 2.75) is 13.3 Å². The van der Waals surface area contributed by atoms with Crippen LogP contribution in [0.2, 0.25) is 5.02 Å². The van der Waals surface area contributed by atoms with Gasteiger partial charge in [-0.2, -0.15) is 0 Å². The van der Waals surface area contributed by atoms with E-state index in [2.05, 4.69) is 5.32 Å². The van der Waals surface area contributed by atoms with Crippen molar-refractivity contribution >= 4 is 34.7 Å². The van der Waals surface area contributed by atoms with Gasteiger partial charge in [-0.25, -0.2) is 4.39 Å². The molecule has 0 spiro atoms. The zero-order valence-electron chi connectivity index (χ0n) is 18.2. The van der Waals surface area contributed by atoms with Crippen LogP contribution in [-0.4, -0.2) is 30.4 Å². The van der Waals surface area contributed by atoms with E-state index in [1.165, 1.54) is 24.1 Å². The highest BCUT2D eigenvalue weighted by molar-refractivity contribution is 6.37. The topological polar surface area (TPSA) is 58.6 Å². The summed E-state index contributed by atoms with van der Waals surface area (Å²) in [6.45, 7) is 1.99. The molecule has 0 saturated heterocycles. The minimum Gasteiger partial charge on any atom is -0.496 e. The number of nitrogens with one attached hydrogen (secondary N) is 1. The van der Waals surface area contributed by atoms with Crippen LogP contribution in [0, 0.1) is 12.7 Å². The second kappa shape index (κ2) is 9.46. The molecule has 0 bridgehead atoms. The molecule has 0 atom stereocenters. The van der Waals surface area contributed by atoms with Crippen LogP contribution < -0.4 is 10.1 Å². The lowest BCUT2D eigenvalue weighted by Gasteiger charge is -2.16. The largest absolute Gasteiger partial charge is 0.496 e.